The number of allylic oxidation sites excluding steroid dienone is 4. The van der Waals surface area contributed by atoms with Gasteiger partial charge < -0.3 is 19.3 Å². The minimum Gasteiger partial charge on any atom is -0.768 e. The minimum absolute atomic E-state index is 0.0111. The summed E-state index contributed by atoms with van der Waals surface area (Å²) in [6.07, 6.45) is 11.6. The van der Waals surface area contributed by atoms with Crippen LogP contribution in [0.1, 0.15) is 31.2 Å². The fourth-order valence-corrected chi connectivity index (χ4v) is 4.53. The van der Waals surface area contributed by atoms with Gasteiger partial charge in [0.2, 0.25) is 12.7 Å². The van der Waals surface area contributed by atoms with Crippen LogP contribution in [0.5, 0.6) is 11.5 Å². The Kier molecular flexibility index (Phi) is 4.83. The number of nitrogens with zero attached hydrogens (tertiary/aromatic N) is 1. The Morgan fingerprint density at radius 2 is 2.03 bits per heavy atom. The number of carbonyl (C=O) groups excluding carboxylic acids is 1. The molecule has 0 saturated heterocycles. The average Bonchev–Trinajstić information content (AvgIpc) is 3.45. The van der Waals surface area contributed by atoms with Crippen LogP contribution in [-0.4, -0.2) is 33.3 Å². The van der Waals surface area contributed by atoms with Crippen molar-refractivity contribution in [2.75, 3.05) is 6.79 Å². The van der Waals surface area contributed by atoms with Crippen LogP contribution in [0.15, 0.2) is 58.5 Å². The van der Waals surface area contributed by atoms with Crippen LogP contribution in [-0.2, 0) is 21.3 Å². The Hall–Kier alpha value is -2.71. The molecule has 1 amide bonds. The van der Waals surface area contributed by atoms with Crippen LogP contribution in [0.2, 0.25) is 0 Å². The Labute approximate surface area is 176 Å². The number of amides is 1. The monoisotopic (exact) mass is 425 g/mol. The zero-order chi connectivity index (χ0) is 20.7. The largest absolute Gasteiger partial charge is 0.768 e. The zero-order valence-corrected chi connectivity index (χ0v) is 17.0. The van der Waals surface area contributed by atoms with Crippen molar-refractivity contribution in [3.05, 3.63) is 59.0 Å². The molecule has 5 rings (SSSR count). The van der Waals surface area contributed by atoms with Gasteiger partial charge in [0.15, 0.2) is 11.5 Å². The lowest BCUT2D eigenvalue weighted by atomic mass is 9.93. The number of benzene rings is 1. The first kappa shape index (κ1) is 19.3. The molecule has 3 atom stereocenters. The van der Waals surface area contributed by atoms with Crippen molar-refractivity contribution in [1.82, 2.24) is 5.32 Å². The number of nitrogens with one attached hydrogen (secondary N) is 1. The maximum Gasteiger partial charge on any atom is 0.232 e. The summed E-state index contributed by atoms with van der Waals surface area (Å²) in [7, 11) is 0. The van der Waals surface area contributed by atoms with Gasteiger partial charge in [0.1, 0.15) is 6.17 Å². The summed E-state index contributed by atoms with van der Waals surface area (Å²) in [5.74, 6) is 1.38. The van der Waals surface area contributed by atoms with E-state index in [2.05, 4.69) is 5.32 Å². The van der Waals surface area contributed by atoms with Gasteiger partial charge in [-0.1, -0.05) is 30.4 Å². The van der Waals surface area contributed by atoms with Crippen LogP contribution in [0, 0.1) is 5.92 Å². The van der Waals surface area contributed by atoms with Crippen molar-refractivity contribution in [2.45, 2.75) is 37.3 Å². The highest BCUT2D eigenvalue weighted by molar-refractivity contribution is 7.83. The second-order valence-corrected chi connectivity index (χ2v) is 8.81. The first-order chi connectivity index (χ1) is 14.5. The van der Waals surface area contributed by atoms with Gasteiger partial charge in [-0.25, -0.2) is 0 Å². The van der Waals surface area contributed by atoms with Crippen molar-refractivity contribution in [1.29, 1.82) is 0 Å². The molecule has 1 aromatic carbocycles. The van der Waals surface area contributed by atoms with Gasteiger partial charge in [-0.3, -0.25) is 14.0 Å². The molecule has 4 aliphatic rings. The fraction of sp³-hybridized carbons (Fsp3) is 0.364. The molecule has 1 fully saturated rings. The highest BCUT2D eigenvalue weighted by atomic mass is 32.2. The van der Waals surface area contributed by atoms with E-state index in [9.17, 15) is 13.6 Å². The van der Waals surface area contributed by atoms with Gasteiger partial charge >= 0.3 is 0 Å². The van der Waals surface area contributed by atoms with E-state index in [4.69, 9.17) is 14.5 Å². The second kappa shape index (κ2) is 7.52. The number of rotatable bonds is 5. The first-order valence-electron chi connectivity index (χ1n) is 9.98. The SMILES string of the molecule is O=C(NC1CC=CC(C2C=CC(S(=O)[O-])=CC2)=N1)C1(c2ccc3c(c2)OCO3)CC1. The molecule has 3 unspecified atom stereocenters. The normalized spacial score (nSPS) is 26.6. The summed E-state index contributed by atoms with van der Waals surface area (Å²) in [5, 5.41) is 3.10. The maximum atomic E-state index is 13.1. The summed E-state index contributed by atoms with van der Waals surface area (Å²) in [6.45, 7) is 0.209. The average molecular weight is 425 g/mol. The van der Waals surface area contributed by atoms with Gasteiger partial charge in [-0.05, 0) is 54.1 Å². The van der Waals surface area contributed by atoms with Gasteiger partial charge in [-0.15, -0.1) is 0 Å². The van der Waals surface area contributed by atoms with E-state index >= 15 is 0 Å². The minimum atomic E-state index is -2.22. The molecular weight excluding hydrogens is 404 g/mol. The predicted molar refractivity (Wildman–Crippen MR) is 111 cm³/mol. The molecule has 2 heterocycles. The van der Waals surface area contributed by atoms with E-state index in [0.29, 0.717) is 29.2 Å². The summed E-state index contributed by atoms with van der Waals surface area (Å²) < 4.78 is 33.0. The van der Waals surface area contributed by atoms with Crippen LogP contribution < -0.4 is 14.8 Å². The number of ether oxygens (including phenoxy) is 2. The number of dihydropyridines is 1. The summed E-state index contributed by atoms with van der Waals surface area (Å²) >= 11 is -2.22. The molecule has 2 aliphatic heterocycles. The highest BCUT2D eigenvalue weighted by Gasteiger charge is 2.52. The molecule has 1 N–H and O–H groups in total. The van der Waals surface area contributed by atoms with E-state index in [-0.39, 0.29) is 24.8 Å². The van der Waals surface area contributed by atoms with Gasteiger partial charge in [0.25, 0.3) is 0 Å². The Morgan fingerprint density at radius 3 is 2.77 bits per heavy atom. The summed E-state index contributed by atoms with van der Waals surface area (Å²) in [5.41, 5.74) is 1.26. The van der Waals surface area contributed by atoms with Crippen molar-refractivity contribution in [3.8, 4) is 11.5 Å². The van der Waals surface area contributed by atoms with Crippen molar-refractivity contribution >= 4 is 22.7 Å². The molecule has 2 aliphatic carbocycles. The summed E-state index contributed by atoms with van der Waals surface area (Å²) in [4.78, 5) is 18.2. The molecule has 156 valence electrons. The lowest BCUT2D eigenvalue weighted by molar-refractivity contribution is -0.124. The van der Waals surface area contributed by atoms with E-state index in [1.165, 1.54) is 0 Å². The molecule has 1 saturated carbocycles. The molecule has 7 nitrogen and oxygen atoms in total. The molecule has 8 heteroatoms. The maximum absolute atomic E-state index is 13.1. The van der Waals surface area contributed by atoms with Gasteiger partial charge in [-0.2, -0.15) is 0 Å². The van der Waals surface area contributed by atoms with Crippen molar-refractivity contribution < 1.29 is 23.0 Å². The van der Waals surface area contributed by atoms with Crippen molar-refractivity contribution in [2.24, 2.45) is 10.9 Å². The Bertz CT molecular complexity index is 1040. The zero-order valence-electron chi connectivity index (χ0n) is 16.2. The third kappa shape index (κ3) is 3.50. The standard InChI is InChI=1S/C22H22N2O5S/c25-21(22(10-11-22)15-6-9-18-19(12-15)29-13-28-18)24-20-3-1-2-17(23-20)14-4-7-16(8-5-14)30(26)27/h1-2,4,6-9,12,14,20H,3,5,10-11,13H2,(H,24,25)(H,26,27)/p-1. The number of fused-ring (bicyclic) bond motifs is 1. The van der Waals surface area contributed by atoms with Crippen LogP contribution in [0.25, 0.3) is 0 Å². The lowest BCUT2D eigenvalue weighted by Gasteiger charge is -2.25. The van der Waals surface area contributed by atoms with Crippen molar-refractivity contribution in [3.63, 3.8) is 0 Å². The highest BCUT2D eigenvalue weighted by Crippen LogP contribution is 2.50. The smallest absolute Gasteiger partial charge is 0.232 e. The fourth-order valence-electron chi connectivity index (χ4n) is 4.10. The molecule has 0 radical (unpaired) electrons. The molecule has 0 bridgehead atoms. The Balaban J connectivity index is 1.28. The van der Waals surface area contributed by atoms with E-state index < -0.39 is 16.5 Å². The summed E-state index contributed by atoms with van der Waals surface area (Å²) in [6, 6.07) is 5.70. The van der Waals surface area contributed by atoms with E-state index in [0.717, 1.165) is 24.1 Å². The number of carbonyl (C=O) groups is 1. The van der Waals surface area contributed by atoms with Crippen LogP contribution >= 0.6 is 0 Å². The number of aliphatic imine (C=N–C) groups is 1. The van der Waals surface area contributed by atoms with Gasteiger partial charge in [0.05, 0.1) is 5.41 Å². The van der Waals surface area contributed by atoms with E-state index in [1.807, 2.05) is 36.4 Å². The third-order valence-electron chi connectivity index (χ3n) is 6.00. The molecule has 0 aromatic heterocycles. The first-order valence-corrected chi connectivity index (χ1v) is 11.1. The van der Waals surface area contributed by atoms with Crippen LogP contribution in [0.4, 0.5) is 0 Å². The molecular formula is C22H21N2O5S-. The van der Waals surface area contributed by atoms with Crippen LogP contribution in [0.3, 0.4) is 0 Å². The molecule has 1 aromatic rings. The van der Waals surface area contributed by atoms with Gasteiger partial charge in [0, 0.05) is 23.0 Å². The predicted octanol–water partition coefficient (Wildman–Crippen LogP) is 2.63. The number of hydrogen-bond acceptors (Lipinski definition) is 6. The molecule has 0 spiro atoms. The topological polar surface area (TPSA) is 100 Å². The quantitative estimate of drug-likeness (QED) is 0.731. The Morgan fingerprint density at radius 1 is 1.20 bits per heavy atom. The van der Waals surface area contributed by atoms with E-state index in [1.54, 1.807) is 12.2 Å². The third-order valence-corrected chi connectivity index (χ3v) is 6.69. The molecule has 30 heavy (non-hydrogen) atoms. The second-order valence-electron chi connectivity index (χ2n) is 7.87. The lowest BCUT2D eigenvalue weighted by Crippen LogP contribution is -2.42. The number of hydrogen-bond donors (Lipinski definition) is 1.